The first-order valence-electron chi connectivity index (χ1n) is 11.4. The number of nitrogens with zero attached hydrogens (tertiary/aromatic N) is 1. The lowest BCUT2D eigenvalue weighted by Crippen LogP contribution is -2.51. The maximum Gasteiger partial charge on any atom is 0.261 e. The average molecular weight is 461 g/mol. The number of nitrogens with one attached hydrogen (secondary N) is 1. The van der Waals surface area contributed by atoms with Gasteiger partial charge >= 0.3 is 0 Å². The molecule has 34 heavy (non-hydrogen) atoms. The summed E-state index contributed by atoms with van der Waals surface area (Å²) in [4.78, 5) is 28.4. The van der Waals surface area contributed by atoms with Crippen LogP contribution >= 0.6 is 0 Å². The Hall–Kier alpha value is -3.80. The fourth-order valence-corrected chi connectivity index (χ4v) is 3.78. The molecular weight excluding hydrogens is 428 g/mol. The first-order chi connectivity index (χ1) is 16.5. The highest BCUT2D eigenvalue weighted by Gasteiger charge is 2.30. The van der Waals surface area contributed by atoms with Gasteiger partial charge in [-0.05, 0) is 42.7 Å². The molecule has 0 saturated heterocycles. The molecule has 0 heterocycles. The van der Waals surface area contributed by atoms with E-state index in [2.05, 4.69) is 5.32 Å². The van der Waals surface area contributed by atoms with Crippen LogP contribution in [0.15, 0.2) is 78.9 Å². The van der Waals surface area contributed by atoms with E-state index in [1.165, 1.54) is 0 Å². The molecule has 0 aliphatic heterocycles. The van der Waals surface area contributed by atoms with Crippen molar-refractivity contribution in [2.24, 2.45) is 0 Å². The first kappa shape index (κ1) is 24.8. The molecule has 3 rings (SSSR count). The van der Waals surface area contributed by atoms with Crippen LogP contribution in [0, 0.1) is 6.92 Å². The summed E-state index contributed by atoms with van der Waals surface area (Å²) in [5, 5.41) is 2.90. The molecule has 0 saturated carbocycles. The van der Waals surface area contributed by atoms with E-state index in [1.807, 2.05) is 80.6 Å². The van der Waals surface area contributed by atoms with Crippen molar-refractivity contribution in [1.29, 1.82) is 0 Å². The number of aryl methyl sites for hydroxylation is 1. The molecule has 6 heteroatoms. The summed E-state index contributed by atoms with van der Waals surface area (Å²) in [6, 6.07) is 24.1. The van der Waals surface area contributed by atoms with Crippen molar-refractivity contribution in [3.63, 3.8) is 0 Å². The standard InChI is InChI=1S/C28H32N2O4/c1-4-29-28(32)24(18-22-13-6-5-7-14-22)30(19-23-15-9-8-12-21(23)2)27(31)20-34-26-17-11-10-16-25(26)33-3/h5-17,24H,4,18-20H2,1-3H3,(H,29,32)/t24-/m1/s1. The maximum atomic E-state index is 13.6. The minimum Gasteiger partial charge on any atom is -0.493 e. The third-order valence-electron chi connectivity index (χ3n) is 5.64. The van der Waals surface area contributed by atoms with Gasteiger partial charge in [0.25, 0.3) is 5.91 Å². The van der Waals surface area contributed by atoms with Crippen molar-refractivity contribution >= 4 is 11.8 Å². The second-order valence-corrected chi connectivity index (χ2v) is 7.99. The number of hydrogen-bond acceptors (Lipinski definition) is 4. The van der Waals surface area contributed by atoms with E-state index in [0.29, 0.717) is 31.0 Å². The van der Waals surface area contributed by atoms with Crippen LogP contribution in [-0.2, 0) is 22.6 Å². The highest BCUT2D eigenvalue weighted by Crippen LogP contribution is 2.26. The summed E-state index contributed by atoms with van der Waals surface area (Å²) < 4.78 is 11.2. The second-order valence-electron chi connectivity index (χ2n) is 7.99. The number of amides is 2. The summed E-state index contributed by atoms with van der Waals surface area (Å²) >= 11 is 0. The maximum absolute atomic E-state index is 13.6. The van der Waals surface area contributed by atoms with Crippen molar-refractivity contribution < 1.29 is 19.1 Å². The molecule has 0 unspecified atom stereocenters. The third kappa shape index (κ3) is 6.61. The van der Waals surface area contributed by atoms with Gasteiger partial charge in [-0.1, -0.05) is 66.7 Å². The fourth-order valence-electron chi connectivity index (χ4n) is 3.78. The minimum atomic E-state index is -0.685. The van der Waals surface area contributed by atoms with Gasteiger partial charge in [-0.3, -0.25) is 9.59 Å². The van der Waals surface area contributed by atoms with E-state index in [0.717, 1.165) is 16.7 Å². The first-order valence-corrected chi connectivity index (χ1v) is 11.4. The number of hydrogen-bond donors (Lipinski definition) is 1. The predicted molar refractivity (Wildman–Crippen MR) is 133 cm³/mol. The van der Waals surface area contributed by atoms with Crippen molar-refractivity contribution in [2.45, 2.75) is 32.9 Å². The number of para-hydroxylation sites is 2. The molecule has 178 valence electrons. The summed E-state index contributed by atoms with van der Waals surface area (Å²) in [6.07, 6.45) is 0.402. The molecule has 0 radical (unpaired) electrons. The van der Waals surface area contributed by atoms with Crippen LogP contribution in [0.5, 0.6) is 11.5 Å². The smallest absolute Gasteiger partial charge is 0.261 e. The fraction of sp³-hybridized carbons (Fsp3) is 0.286. The van der Waals surface area contributed by atoms with E-state index in [1.54, 1.807) is 24.1 Å². The van der Waals surface area contributed by atoms with Crippen molar-refractivity contribution in [3.05, 3.63) is 95.6 Å². The van der Waals surface area contributed by atoms with Crippen LogP contribution in [0.1, 0.15) is 23.6 Å². The minimum absolute atomic E-state index is 0.189. The van der Waals surface area contributed by atoms with Gasteiger partial charge in [-0.25, -0.2) is 0 Å². The van der Waals surface area contributed by atoms with E-state index in [4.69, 9.17) is 9.47 Å². The van der Waals surface area contributed by atoms with Crippen LogP contribution in [0.25, 0.3) is 0 Å². The zero-order chi connectivity index (χ0) is 24.3. The van der Waals surface area contributed by atoms with E-state index in [-0.39, 0.29) is 18.4 Å². The van der Waals surface area contributed by atoms with Crippen LogP contribution < -0.4 is 14.8 Å². The third-order valence-corrected chi connectivity index (χ3v) is 5.64. The van der Waals surface area contributed by atoms with E-state index >= 15 is 0 Å². The lowest BCUT2D eigenvalue weighted by atomic mass is 10.0. The molecule has 0 spiro atoms. The van der Waals surface area contributed by atoms with E-state index < -0.39 is 6.04 Å². The Bertz CT molecular complexity index is 1080. The Morgan fingerprint density at radius 3 is 2.24 bits per heavy atom. The van der Waals surface area contributed by atoms with Crippen LogP contribution in [0.4, 0.5) is 0 Å². The number of rotatable bonds is 11. The quantitative estimate of drug-likeness (QED) is 0.467. The average Bonchev–Trinajstić information content (AvgIpc) is 2.86. The Kier molecular flexibility index (Phi) is 9.09. The number of likely N-dealkylation sites (N-methyl/N-ethyl adjacent to an activating group) is 1. The summed E-state index contributed by atoms with van der Waals surface area (Å²) in [6.45, 7) is 4.44. The molecule has 0 aliphatic rings. The largest absolute Gasteiger partial charge is 0.493 e. The second kappa shape index (κ2) is 12.4. The molecule has 0 bridgehead atoms. The van der Waals surface area contributed by atoms with Gasteiger partial charge in [0.1, 0.15) is 6.04 Å². The Morgan fingerprint density at radius 2 is 1.56 bits per heavy atom. The Labute approximate surface area is 201 Å². The van der Waals surface area contributed by atoms with Gasteiger partial charge in [0.15, 0.2) is 18.1 Å². The normalized spacial score (nSPS) is 11.4. The van der Waals surface area contributed by atoms with Gasteiger partial charge in [0.05, 0.1) is 7.11 Å². The lowest BCUT2D eigenvalue weighted by molar-refractivity contribution is -0.142. The van der Waals surface area contributed by atoms with Crippen LogP contribution in [0.2, 0.25) is 0 Å². The highest BCUT2D eigenvalue weighted by atomic mass is 16.5. The van der Waals surface area contributed by atoms with Crippen molar-refractivity contribution in [1.82, 2.24) is 10.2 Å². The zero-order valence-corrected chi connectivity index (χ0v) is 20.0. The number of methoxy groups -OCH3 is 1. The molecule has 3 aromatic carbocycles. The summed E-state index contributed by atoms with van der Waals surface area (Å²) in [5.41, 5.74) is 3.02. The molecule has 0 fully saturated rings. The van der Waals surface area contributed by atoms with Crippen molar-refractivity contribution in [2.75, 3.05) is 20.3 Å². The van der Waals surface area contributed by atoms with Gasteiger partial charge < -0.3 is 19.7 Å². The summed E-state index contributed by atoms with van der Waals surface area (Å²) in [5.74, 6) is 0.559. The number of ether oxygens (including phenoxy) is 2. The van der Waals surface area contributed by atoms with Gasteiger partial charge in [0, 0.05) is 19.5 Å². The Balaban J connectivity index is 1.91. The molecule has 3 aromatic rings. The van der Waals surface area contributed by atoms with Crippen molar-refractivity contribution in [3.8, 4) is 11.5 Å². The molecular formula is C28H32N2O4. The molecule has 0 aromatic heterocycles. The van der Waals surface area contributed by atoms with Gasteiger partial charge in [-0.15, -0.1) is 0 Å². The van der Waals surface area contributed by atoms with Crippen LogP contribution in [-0.4, -0.2) is 43.0 Å². The number of benzene rings is 3. The highest BCUT2D eigenvalue weighted by molar-refractivity contribution is 5.88. The topological polar surface area (TPSA) is 67.9 Å². The van der Waals surface area contributed by atoms with Gasteiger partial charge in [-0.2, -0.15) is 0 Å². The molecule has 0 aliphatic carbocycles. The summed E-state index contributed by atoms with van der Waals surface area (Å²) in [7, 11) is 1.56. The number of carbonyl (C=O) groups is 2. The van der Waals surface area contributed by atoms with Crippen LogP contribution in [0.3, 0.4) is 0 Å². The molecule has 6 nitrogen and oxygen atoms in total. The Morgan fingerprint density at radius 1 is 0.912 bits per heavy atom. The monoisotopic (exact) mass is 460 g/mol. The SMILES string of the molecule is CCNC(=O)[C@@H](Cc1ccccc1)N(Cc1ccccc1C)C(=O)COc1ccccc1OC. The molecule has 1 N–H and O–H groups in total. The number of carbonyl (C=O) groups excluding carboxylic acids is 2. The molecule has 2 amide bonds. The van der Waals surface area contributed by atoms with E-state index in [9.17, 15) is 9.59 Å². The lowest BCUT2D eigenvalue weighted by Gasteiger charge is -2.32. The molecule has 1 atom stereocenters. The zero-order valence-electron chi connectivity index (χ0n) is 20.0. The van der Waals surface area contributed by atoms with Gasteiger partial charge in [0.2, 0.25) is 5.91 Å². The predicted octanol–water partition coefficient (Wildman–Crippen LogP) is 4.16.